The average molecular weight is 394 g/mol. The van der Waals surface area contributed by atoms with E-state index in [0.717, 1.165) is 40.5 Å². The van der Waals surface area contributed by atoms with Crippen molar-refractivity contribution in [3.8, 4) is 0 Å². The first kappa shape index (κ1) is 18.2. The number of sulfonamides is 1. The summed E-state index contributed by atoms with van der Waals surface area (Å²) in [6.07, 6.45) is -0.853. The standard InChI is InChI=1S/C15H15ClF3N3O2S/c1-22(13-4-2-3-12-10(13)8-20-21-12)25(23,24)14-6-5-9(7-11(14)16)15(17,18)19/h5-8,13H,2-4H2,1H3,(H,20,21)/t13-/m1/s1. The van der Waals surface area contributed by atoms with Gasteiger partial charge in [0, 0.05) is 18.3 Å². The minimum Gasteiger partial charge on any atom is -0.282 e. The number of H-pyrrole nitrogens is 1. The maximum absolute atomic E-state index is 12.9. The number of halogens is 4. The molecule has 0 unspecified atom stereocenters. The smallest absolute Gasteiger partial charge is 0.282 e. The van der Waals surface area contributed by atoms with Gasteiger partial charge >= 0.3 is 6.18 Å². The summed E-state index contributed by atoms with van der Waals surface area (Å²) in [4.78, 5) is -0.347. The van der Waals surface area contributed by atoms with E-state index >= 15 is 0 Å². The third kappa shape index (κ3) is 3.28. The topological polar surface area (TPSA) is 66.1 Å². The lowest BCUT2D eigenvalue weighted by Crippen LogP contribution is -2.33. The van der Waals surface area contributed by atoms with E-state index in [1.165, 1.54) is 7.05 Å². The molecule has 1 N–H and O–H groups in total. The molecule has 1 atom stereocenters. The third-order valence-corrected chi connectivity index (χ3v) is 6.72. The van der Waals surface area contributed by atoms with Gasteiger partial charge in [0.2, 0.25) is 10.0 Å². The van der Waals surface area contributed by atoms with Gasteiger partial charge in [0.05, 0.1) is 22.8 Å². The number of rotatable bonds is 3. The molecule has 2 aromatic rings. The van der Waals surface area contributed by atoms with Crippen LogP contribution in [0.5, 0.6) is 0 Å². The number of nitrogens with one attached hydrogen (secondary N) is 1. The molecular weight excluding hydrogens is 379 g/mol. The summed E-state index contributed by atoms with van der Waals surface area (Å²) in [6.45, 7) is 0. The summed E-state index contributed by atoms with van der Waals surface area (Å²) in [5, 5.41) is 6.34. The van der Waals surface area contributed by atoms with Crippen molar-refractivity contribution in [1.82, 2.24) is 14.5 Å². The van der Waals surface area contributed by atoms with E-state index < -0.39 is 32.8 Å². The van der Waals surface area contributed by atoms with Crippen LogP contribution in [0.1, 0.15) is 35.7 Å². The predicted molar refractivity (Wildman–Crippen MR) is 85.7 cm³/mol. The first-order valence-corrected chi connectivity index (χ1v) is 9.31. The Morgan fingerprint density at radius 3 is 2.72 bits per heavy atom. The van der Waals surface area contributed by atoms with E-state index in [0.29, 0.717) is 12.5 Å². The summed E-state index contributed by atoms with van der Waals surface area (Å²) < 4.78 is 65.1. The molecule has 0 aliphatic heterocycles. The molecule has 0 fully saturated rings. The second-order valence-electron chi connectivity index (χ2n) is 5.88. The van der Waals surface area contributed by atoms with E-state index in [9.17, 15) is 21.6 Å². The molecule has 10 heteroatoms. The summed E-state index contributed by atoms with van der Waals surface area (Å²) in [6, 6.07) is 1.81. The van der Waals surface area contributed by atoms with E-state index in [1.54, 1.807) is 6.20 Å². The van der Waals surface area contributed by atoms with Gasteiger partial charge in [-0.25, -0.2) is 8.42 Å². The molecule has 1 aliphatic carbocycles. The highest BCUT2D eigenvalue weighted by Gasteiger charge is 2.36. The highest BCUT2D eigenvalue weighted by molar-refractivity contribution is 7.89. The van der Waals surface area contributed by atoms with Gasteiger partial charge in [-0.05, 0) is 37.5 Å². The molecule has 5 nitrogen and oxygen atoms in total. The molecule has 1 aromatic heterocycles. The van der Waals surface area contributed by atoms with Crippen molar-refractivity contribution in [3.63, 3.8) is 0 Å². The summed E-state index contributed by atoms with van der Waals surface area (Å²) in [7, 11) is -2.66. The lowest BCUT2D eigenvalue weighted by molar-refractivity contribution is -0.137. The number of benzene rings is 1. The zero-order valence-corrected chi connectivity index (χ0v) is 14.7. The number of alkyl halides is 3. The maximum Gasteiger partial charge on any atom is 0.416 e. The van der Waals surface area contributed by atoms with Gasteiger partial charge in [0.25, 0.3) is 0 Å². The minimum atomic E-state index is -4.59. The molecule has 1 aromatic carbocycles. The molecule has 0 amide bonds. The molecule has 0 spiro atoms. The number of aromatic amines is 1. The van der Waals surface area contributed by atoms with Crippen LogP contribution in [-0.2, 0) is 22.6 Å². The monoisotopic (exact) mass is 393 g/mol. The third-order valence-electron chi connectivity index (χ3n) is 4.37. The van der Waals surface area contributed by atoms with Crippen LogP contribution < -0.4 is 0 Å². The first-order chi connectivity index (χ1) is 11.6. The second-order valence-corrected chi connectivity index (χ2v) is 8.25. The van der Waals surface area contributed by atoms with Crippen LogP contribution in [0.3, 0.4) is 0 Å². The summed E-state index contributed by atoms with van der Waals surface area (Å²) >= 11 is 5.86. The van der Waals surface area contributed by atoms with Crippen molar-refractivity contribution >= 4 is 21.6 Å². The number of nitrogens with zero attached hydrogens (tertiary/aromatic N) is 2. The predicted octanol–water partition coefficient (Wildman–Crippen LogP) is 3.78. The Kier molecular flexibility index (Phi) is 4.59. The Morgan fingerprint density at radius 2 is 2.08 bits per heavy atom. The number of hydrogen-bond donors (Lipinski definition) is 1. The zero-order valence-electron chi connectivity index (χ0n) is 13.1. The van der Waals surface area contributed by atoms with Crippen molar-refractivity contribution in [2.75, 3.05) is 7.05 Å². The van der Waals surface area contributed by atoms with Crippen molar-refractivity contribution in [1.29, 1.82) is 0 Å². The van der Waals surface area contributed by atoms with Gasteiger partial charge in [-0.2, -0.15) is 22.6 Å². The fraction of sp³-hybridized carbons (Fsp3) is 0.400. The molecule has 136 valence electrons. The molecule has 25 heavy (non-hydrogen) atoms. The Labute approximate surface area is 147 Å². The summed E-state index contributed by atoms with van der Waals surface area (Å²) in [5.41, 5.74) is 0.658. The van der Waals surface area contributed by atoms with Crippen LogP contribution in [0.25, 0.3) is 0 Å². The average Bonchev–Trinajstić information content (AvgIpc) is 3.01. The molecule has 0 bridgehead atoms. The minimum absolute atomic E-state index is 0.347. The van der Waals surface area contributed by atoms with Crippen molar-refractivity contribution in [2.45, 2.75) is 36.4 Å². The SMILES string of the molecule is CN([C@@H]1CCCc2[nH]ncc21)S(=O)(=O)c1ccc(C(F)(F)F)cc1Cl. The molecule has 1 aliphatic rings. The molecule has 0 saturated heterocycles. The van der Waals surface area contributed by atoms with Gasteiger partial charge in [-0.1, -0.05) is 11.6 Å². The van der Waals surface area contributed by atoms with Gasteiger partial charge < -0.3 is 0 Å². The van der Waals surface area contributed by atoms with E-state index in [-0.39, 0.29) is 4.90 Å². The maximum atomic E-state index is 12.9. The van der Waals surface area contributed by atoms with E-state index in [2.05, 4.69) is 10.2 Å². The van der Waals surface area contributed by atoms with Gasteiger partial charge in [0.15, 0.2) is 0 Å². The van der Waals surface area contributed by atoms with Crippen LogP contribution in [0, 0.1) is 0 Å². The Balaban J connectivity index is 1.98. The van der Waals surface area contributed by atoms with Crippen LogP contribution in [0.2, 0.25) is 5.02 Å². The largest absolute Gasteiger partial charge is 0.416 e. The highest BCUT2D eigenvalue weighted by atomic mass is 35.5. The Morgan fingerprint density at radius 1 is 1.36 bits per heavy atom. The van der Waals surface area contributed by atoms with Crippen LogP contribution in [-0.4, -0.2) is 30.0 Å². The van der Waals surface area contributed by atoms with Crippen molar-refractivity contribution < 1.29 is 21.6 Å². The van der Waals surface area contributed by atoms with Gasteiger partial charge in [-0.3, -0.25) is 5.10 Å². The van der Waals surface area contributed by atoms with E-state index in [1.807, 2.05) is 0 Å². The van der Waals surface area contributed by atoms with Crippen LogP contribution >= 0.6 is 11.6 Å². The number of hydrogen-bond acceptors (Lipinski definition) is 3. The second kappa shape index (κ2) is 6.30. The van der Waals surface area contributed by atoms with E-state index in [4.69, 9.17) is 11.6 Å². The fourth-order valence-corrected chi connectivity index (χ4v) is 4.91. The molecule has 3 rings (SSSR count). The Hall–Kier alpha value is -1.58. The lowest BCUT2D eigenvalue weighted by Gasteiger charge is -2.30. The lowest BCUT2D eigenvalue weighted by atomic mass is 9.93. The van der Waals surface area contributed by atoms with Crippen LogP contribution in [0.4, 0.5) is 13.2 Å². The van der Waals surface area contributed by atoms with Gasteiger partial charge in [0.1, 0.15) is 4.90 Å². The first-order valence-electron chi connectivity index (χ1n) is 7.49. The highest BCUT2D eigenvalue weighted by Crippen LogP contribution is 2.38. The zero-order chi connectivity index (χ0) is 18.4. The number of aromatic nitrogens is 2. The van der Waals surface area contributed by atoms with Crippen LogP contribution in [0.15, 0.2) is 29.3 Å². The Bertz CT molecular complexity index is 896. The molecule has 0 radical (unpaired) electrons. The quantitative estimate of drug-likeness (QED) is 0.863. The number of fused-ring (bicyclic) bond motifs is 1. The van der Waals surface area contributed by atoms with Crippen molar-refractivity contribution in [2.24, 2.45) is 0 Å². The number of aryl methyl sites for hydroxylation is 1. The van der Waals surface area contributed by atoms with Crippen molar-refractivity contribution in [3.05, 3.63) is 46.2 Å². The molecular formula is C15H15ClF3N3O2S. The molecule has 1 heterocycles. The normalized spacial score (nSPS) is 18.4. The van der Waals surface area contributed by atoms with Gasteiger partial charge in [-0.15, -0.1) is 0 Å². The summed E-state index contributed by atoms with van der Waals surface area (Å²) in [5.74, 6) is 0. The fourth-order valence-electron chi connectivity index (χ4n) is 3.02. The molecule has 0 saturated carbocycles.